The zero-order valence-electron chi connectivity index (χ0n) is 20.6. The molecule has 2 heterocycles. The molecule has 2 aliphatic heterocycles. The third-order valence-corrected chi connectivity index (χ3v) is 6.43. The van der Waals surface area contributed by atoms with Crippen LogP contribution < -0.4 is 19.1 Å². The fraction of sp³-hybridized carbons (Fsp3) is 0.241. The highest BCUT2D eigenvalue weighted by molar-refractivity contribution is 6.51. The number of aliphatic hydroxyl groups is 1. The van der Waals surface area contributed by atoms with E-state index in [2.05, 4.69) is 0 Å². The van der Waals surface area contributed by atoms with Crippen molar-refractivity contribution in [3.8, 4) is 23.0 Å². The lowest BCUT2D eigenvalue weighted by atomic mass is 9.94. The molecule has 1 unspecified atom stereocenters. The SMILES string of the molecule is CCOc1ccc(N2C(=O)C(=O)/C(=C(/O)c3ccc4c(c3)CCO4)C2c2ccc(O)c(OCC)c2)cc1. The second kappa shape index (κ2) is 9.89. The standard InChI is InChI=1S/C29H27NO7/c1-3-35-21-9-7-20(8-10-21)30-26(18-5-11-22(31)24(16-18)36-4-2)25(28(33)29(30)34)27(32)19-6-12-23-17(15-19)13-14-37-23/h5-12,15-16,26,31-32H,3-4,13-14H2,1-2H3/b27-25+. The van der Waals surface area contributed by atoms with Crippen molar-refractivity contribution in [1.29, 1.82) is 0 Å². The van der Waals surface area contributed by atoms with Crippen LogP contribution in [0.15, 0.2) is 66.2 Å². The number of hydrogen-bond acceptors (Lipinski definition) is 7. The van der Waals surface area contributed by atoms with E-state index >= 15 is 0 Å². The van der Waals surface area contributed by atoms with Gasteiger partial charge in [-0.05, 0) is 79.6 Å². The predicted molar refractivity (Wildman–Crippen MR) is 137 cm³/mol. The van der Waals surface area contributed by atoms with Crippen LogP contribution in [0.2, 0.25) is 0 Å². The molecule has 0 radical (unpaired) electrons. The number of hydrogen-bond donors (Lipinski definition) is 2. The summed E-state index contributed by atoms with van der Waals surface area (Å²) in [5.74, 6) is -0.344. The largest absolute Gasteiger partial charge is 0.507 e. The molecule has 190 valence electrons. The third-order valence-electron chi connectivity index (χ3n) is 6.43. The fourth-order valence-corrected chi connectivity index (χ4v) is 4.75. The van der Waals surface area contributed by atoms with Gasteiger partial charge < -0.3 is 24.4 Å². The lowest BCUT2D eigenvalue weighted by molar-refractivity contribution is -0.132. The molecule has 8 heteroatoms. The number of phenols is 1. The van der Waals surface area contributed by atoms with E-state index in [9.17, 15) is 19.8 Å². The number of aliphatic hydroxyl groups excluding tert-OH is 1. The molecule has 0 saturated carbocycles. The first-order chi connectivity index (χ1) is 17.9. The summed E-state index contributed by atoms with van der Waals surface area (Å²) in [6.07, 6.45) is 0.691. The minimum absolute atomic E-state index is 0.0501. The highest BCUT2D eigenvalue weighted by atomic mass is 16.5. The second-order valence-electron chi connectivity index (χ2n) is 8.68. The van der Waals surface area contributed by atoms with Crippen LogP contribution in [0.25, 0.3) is 5.76 Å². The molecule has 2 N–H and O–H groups in total. The Morgan fingerprint density at radius 1 is 1.00 bits per heavy atom. The van der Waals surface area contributed by atoms with Crippen LogP contribution in [0.3, 0.4) is 0 Å². The van der Waals surface area contributed by atoms with Crippen LogP contribution in [-0.2, 0) is 16.0 Å². The highest BCUT2D eigenvalue weighted by Gasteiger charge is 2.47. The Morgan fingerprint density at radius 2 is 1.76 bits per heavy atom. The summed E-state index contributed by atoms with van der Waals surface area (Å²) in [4.78, 5) is 28.2. The lowest BCUT2D eigenvalue weighted by Crippen LogP contribution is -2.29. The number of amides is 1. The number of Topliss-reactive ketones (excluding diaryl/α,β-unsaturated/α-hetero) is 1. The van der Waals surface area contributed by atoms with E-state index in [0.29, 0.717) is 48.8 Å². The van der Waals surface area contributed by atoms with Crippen molar-refractivity contribution in [3.05, 3.63) is 82.9 Å². The summed E-state index contributed by atoms with van der Waals surface area (Å²) < 4.78 is 16.6. The molecule has 0 aliphatic carbocycles. The van der Waals surface area contributed by atoms with E-state index in [1.807, 2.05) is 6.92 Å². The summed E-state index contributed by atoms with van der Waals surface area (Å²) in [6, 6.07) is 15.7. The van der Waals surface area contributed by atoms with Gasteiger partial charge in [-0.15, -0.1) is 0 Å². The van der Waals surface area contributed by atoms with Gasteiger partial charge in [-0.3, -0.25) is 14.5 Å². The van der Waals surface area contributed by atoms with Gasteiger partial charge in [0.05, 0.1) is 31.4 Å². The molecule has 1 fully saturated rings. The number of phenolic OH excluding ortho intramolecular Hbond substituents is 1. The van der Waals surface area contributed by atoms with Gasteiger partial charge in [0.1, 0.15) is 17.3 Å². The average Bonchev–Trinajstić information content (AvgIpc) is 3.48. The van der Waals surface area contributed by atoms with E-state index in [1.54, 1.807) is 61.5 Å². The molecule has 0 aromatic heterocycles. The predicted octanol–water partition coefficient (Wildman–Crippen LogP) is 4.75. The Labute approximate surface area is 214 Å². The molecule has 3 aromatic rings. The molecule has 3 aromatic carbocycles. The fourth-order valence-electron chi connectivity index (χ4n) is 4.75. The molecule has 0 spiro atoms. The van der Waals surface area contributed by atoms with Crippen molar-refractivity contribution in [3.63, 3.8) is 0 Å². The number of benzene rings is 3. The first kappa shape index (κ1) is 24.2. The Morgan fingerprint density at radius 3 is 2.49 bits per heavy atom. The van der Waals surface area contributed by atoms with Crippen LogP contribution in [-0.4, -0.2) is 41.7 Å². The maximum Gasteiger partial charge on any atom is 0.300 e. The number of carbonyl (C=O) groups is 2. The number of fused-ring (bicyclic) bond motifs is 1. The number of ether oxygens (including phenoxy) is 3. The molecular formula is C29H27NO7. The Balaban J connectivity index is 1.68. The number of carbonyl (C=O) groups excluding carboxylic acids is 2. The van der Waals surface area contributed by atoms with Crippen LogP contribution in [0.4, 0.5) is 5.69 Å². The van der Waals surface area contributed by atoms with Gasteiger partial charge in [-0.1, -0.05) is 6.07 Å². The van der Waals surface area contributed by atoms with E-state index in [0.717, 1.165) is 11.3 Å². The summed E-state index contributed by atoms with van der Waals surface area (Å²) in [6.45, 7) is 5.01. The first-order valence-corrected chi connectivity index (χ1v) is 12.2. The summed E-state index contributed by atoms with van der Waals surface area (Å²) >= 11 is 0. The van der Waals surface area contributed by atoms with Gasteiger partial charge in [0, 0.05) is 17.7 Å². The third kappa shape index (κ3) is 4.35. The zero-order chi connectivity index (χ0) is 26.1. The van der Waals surface area contributed by atoms with E-state index in [-0.39, 0.29) is 22.8 Å². The number of anilines is 1. The second-order valence-corrected chi connectivity index (χ2v) is 8.68. The van der Waals surface area contributed by atoms with Crippen molar-refractivity contribution in [2.24, 2.45) is 0 Å². The van der Waals surface area contributed by atoms with Crippen molar-refractivity contribution < 1.29 is 34.0 Å². The molecule has 2 aliphatic rings. The highest BCUT2D eigenvalue weighted by Crippen LogP contribution is 2.44. The minimum Gasteiger partial charge on any atom is -0.507 e. The average molecular weight is 502 g/mol. The van der Waals surface area contributed by atoms with Crippen molar-refractivity contribution >= 4 is 23.1 Å². The van der Waals surface area contributed by atoms with Crippen LogP contribution in [0, 0.1) is 0 Å². The van der Waals surface area contributed by atoms with Gasteiger partial charge >= 0.3 is 0 Å². The smallest absolute Gasteiger partial charge is 0.300 e. The van der Waals surface area contributed by atoms with Crippen molar-refractivity contribution in [2.75, 3.05) is 24.7 Å². The number of rotatable bonds is 7. The molecule has 0 bridgehead atoms. The molecule has 1 atom stereocenters. The Kier molecular flexibility index (Phi) is 6.48. The van der Waals surface area contributed by atoms with Gasteiger partial charge in [0.25, 0.3) is 11.7 Å². The van der Waals surface area contributed by atoms with Crippen molar-refractivity contribution in [2.45, 2.75) is 26.3 Å². The van der Waals surface area contributed by atoms with Gasteiger partial charge in [-0.25, -0.2) is 0 Å². The maximum atomic E-state index is 13.4. The van der Waals surface area contributed by atoms with Gasteiger partial charge in [-0.2, -0.15) is 0 Å². The zero-order valence-corrected chi connectivity index (χ0v) is 20.6. The topological polar surface area (TPSA) is 106 Å². The van der Waals surface area contributed by atoms with Gasteiger partial charge in [0.2, 0.25) is 0 Å². The molecule has 8 nitrogen and oxygen atoms in total. The monoisotopic (exact) mass is 501 g/mol. The van der Waals surface area contributed by atoms with Gasteiger partial charge in [0.15, 0.2) is 11.5 Å². The Bertz CT molecular complexity index is 1390. The minimum atomic E-state index is -0.956. The first-order valence-electron chi connectivity index (χ1n) is 12.2. The van der Waals surface area contributed by atoms with E-state index in [4.69, 9.17) is 14.2 Å². The van der Waals surface area contributed by atoms with E-state index < -0.39 is 17.7 Å². The maximum absolute atomic E-state index is 13.4. The number of ketones is 1. The summed E-state index contributed by atoms with van der Waals surface area (Å²) in [5.41, 5.74) is 2.25. The van der Waals surface area contributed by atoms with Crippen LogP contribution in [0.5, 0.6) is 23.0 Å². The van der Waals surface area contributed by atoms with E-state index in [1.165, 1.54) is 11.0 Å². The molecule has 1 amide bonds. The summed E-state index contributed by atoms with van der Waals surface area (Å²) in [5, 5.41) is 21.7. The summed E-state index contributed by atoms with van der Waals surface area (Å²) in [7, 11) is 0. The van der Waals surface area contributed by atoms with Crippen LogP contribution in [0.1, 0.15) is 36.6 Å². The Hall–Kier alpha value is -4.46. The lowest BCUT2D eigenvalue weighted by Gasteiger charge is -2.26. The molecule has 1 saturated heterocycles. The quantitative estimate of drug-likeness (QED) is 0.273. The van der Waals surface area contributed by atoms with Crippen LogP contribution >= 0.6 is 0 Å². The molecule has 37 heavy (non-hydrogen) atoms. The molecule has 5 rings (SSSR count). The normalized spacial score (nSPS) is 18.0. The molecular weight excluding hydrogens is 474 g/mol. The number of aromatic hydroxyl groups is 1. The van der Waals surface area contributed by atoms with Crippen molar-refractivity contribution in [1.82, 2.24) is 0 Å². The number of nitrogens with zero attached hydrogens (tertiary/aromatic N) is 1.